The SMILES string of the molecule is CCn1c(CO)nc(C(C)C)c1Sc1cccc(F)c1. The zero-order chi connectivity index (χ0) is 14.7. The molecule has 0 aliphatic rings. The highest BCUT2D eigenvalue weighted by atomic mass is 32.2. The van der Waals surface area contributed by atoms with Crippen molar-refractivity contribution in [3.8, 4) is 0 Å². The molecule has 2 aromatic rings. The van der Waals surface area contributed by atoms with Gasteiger partial charge in [0.05, 0.1) is 5.69 Å². The summed E-state index contributed by atoms with van der Waals surface area (Å²) < 4.78 is 15.3. The van der Waals surface area contributed by atoms with Gasteiger partial charge in [-0.05, 0) is 31.0 Å². The van der Waals surface area contributed by atoms with Gasteiger partial charge in [-0.25, -0.2) is 9.37 Å². The van der Waals surface area contributed by atoms with E-state index in [2.05, 4.69) is 18.8 Å². The van der Waals surface area contributed by atoms with Crippen LogP contribution in [-0.2, 0) is 13.2 Å². The van der Waals surface area contributed by atoms with E-state index in [4.69, 9.17) is 0 Å². The zero-order valence-corrected chi connectivity index (χ0v) is 12.7. The van der Waals surface area contributed by atoms with E-state index < -0.39 is 0 Å². The Morgan fingerprint density at radius 1 is 1.40 bits per heavy atom. The van der Waals surface area contributed by atoms with Gasteiger partial charge in [0, 0.05) is 11.4 Å². The van der Waals surface area contributed by atoms with Crippen LogP contribution in [0.3, 0.4) is 0 Å². The largest absolute Gasteiger partial charge is 0.388 e. The second-order valence-corrected chi connectivity index (χ2v) is 5.90. The summed E-state index contributed by atoms with van der Waals surface area (Å²) in [5.74, 6) is 0.672. The smallest absolute Gasteiger partial charge is 0.135 e. The molecule has 0 spiro atoms. The van der Waals surface area contributed by atoms with Crippen LogP contribution in [0.1, 0.15) is 38.2 Å². The minimum atomic E-state index is -0.244. The van der Waals surface area contributed by atoms with Gasteiger partial charge in [-0.3, -0.25) is 0 Å². The van der Waals surface area contributed by atoms with Crippen molar-refractivity contribution < 1.29 is 9.50 Å². The topological polar surface area (TPSA) is 38.0 Å². The Bertz CT molecular complexity index is 596. The number of rotatable bonds is 5. The molecule has 0 unspecified atom stereocenters. The number of benzene rings is 1. The van der Waals surface area contributed by atoms with Gasteiger partial charge in [-0.15, -0.1) is 0 Å². The first-order valence-electron chi connectivity index (χ1n) is 6.70. The zero-order valence-electron chi connectivity index (χ0n) is 11.9. The Morgan fingerprint density at radius 2 is 2.15 bits per heavy atom. The fourth-order valence-electron chi connectivity index (χ4n) is 2.08. The normalized spacial score (nSPS) is 11.3. The molecule has 0 aliphatic heterocycles. The van der Waals surface area contributed by atoms with Gasteiger partial charge in [-0.2, -0.15) is 0 Å². The molecule has 0 radical (unpaired) electrons. The summed E-state index contributed by atoms with van der Waals surface area (Å²) in [7, 11) is 0. The van der Waals surface area contributed by atoms with Crippen LogP contribution in [0.5, 0.6) is 0 Å². The van der Waals surface area contributed by atoms with E-state index in [1.54, 1.807) is 6.07 Å². The number of nitrogens with zero attached hydrogens (tertiary/aromatic N) is 2. The van der Waals surface area contributed by atoms with Gasteiger partial charge in [0.1, 0.15) is 23.3 Å². The molecule has 0 bridgehead atoms. The van der Waals surface area contributed by atoms with Crippen molar-refractivity contribution in [3.63, 3.8) is 0 Å². The Balaban J connectivity index is 2.45. The fraction of sp³-hybridized carbons (Fsp3) is 0.400. The molecule has 108 valence electrons. The molecule has 2 rings (SSSR count). The molecule has 1 heterocycles. The molecule has 1 N–H and O–H groups in total. The standard InChI is InChI=1S/C15H19FN2OS/c1-4-18-13(9-19)17-14(10(2)3)15(18)20-12-7-5-6-11(16)8-12/h5-8,10,19H,4,9H2,1-3H3. The molecule has 0 saturated carbocycles. The molecular weight excluding hydrogens is 275 g/mol. The number of halogens is 1. The van der Waals surface area contributed by atoms with Crippen LogP contribution in [0.2, 0.25) is 0 Å². The van der Waals surface area contributed by atoms with Crippen LogP contribution in [-0.4, -0.2) is 14.7 Å². The average molecular weight is 294 g/mol. The Kier molecular flexibility index (Phi) is 4.83. The number of aromatic nitrogens is 2. The second kappa shape index (κ2) is 6.41. The maximum Gasteiger partial charge on any atom is 0.135 e. The maximum atomic E-state index is 13.3. The first kappa shape index (κ1) is 15.1. The number of aliphatic hydroxyl groups is 1. The van der Waals surface area contributed by atoms with Crippen molar-refractivity contribution in [2.45, 2.75) is 49.8 Å². The Labute approximate surface area is 122 Å². The Hall–Kier alpha value is -1.33. The van der Waals surface area contributed by atoms with Crippen molar-refractivity contribution in [1.29, 1.82) is 0 Å². The van der Waals surface area contributed by atoms with Crippen LogP contribution in [0.15, 0.2) is 34.2 Å². The van der Waals surface area contributed by atoms with Gasteiger partial charge in [0.15, 0.2) is 0 Å². The third kappa shape index (κ3) is 3.04. The van der Waals surface area contributed by atoms with E-state index in [1.807, 2.05) is 17.6 Å². The summed E-state index contributed by atoms with van der Waals surface area (Å²) >= 11 is 1.49. The first-order chi connectivity index (χ1) is 9.56. The summed E-state index contributed by atoms with van der Waals surface area (Å²) in [5.41, 5.74) is 0.949. The molecule has 5 heteroatoms. The van der Waals surface area contributed by atoms with Crippen molar-refractivity contribution in [2.24, 2.45) is 0 Å². The Morgan fingerprint density at radius 3 is 2.70 bits per heavy atom. The van der Waals surface area contributed by atoms with Crippen molar-refractivity contribution in [2.75, 3.05) is 0 Å². The summed E-state index contributed by atoms with van der Waals surface area (Å²) in [6.45, 7) is 6.80. The van der Waals surface area contributed by atoms with Crippen molar-refractivity contribution in [1.82, 2.24) is 9.55 Å². The maximum absolute atomic E-state index is 13.3. The van der Waals surface area contributed by atoms with Crippen LogP contribution in [0.25, 0.3) is 0 Å². The lowest BCUT2D eigenvalue weighted by molar-refractivity contribution is 0.264. The lowest BCUT2D eigenvalue weighted by Gasteiger charge is -2.10. The average Bonchev–Trinajstić information content (AvgIpc) is 2.76. The lowest BCUT2D eigenvalue weighted by Crippen LogP contribution is -2.02. The number of imidazole rings is 1. The van der Waals surface area contributed by atoms with E-state index in [9.17, 15) is 9.50 Å². The highest BCUT2D eigenvalue weighted by Gasteiger charge is 2.19. The molecule has 0 amide bonds. The summed E-state index contributed by atoms with van der Waals surface area (Å²) in [6, 6.07) is 6.53. The molecule has 0 fully saturated rings. The van der Waals surface area contributed by atoms with Crippen molar-refractivity contribution >= 4 is 11.8 Å². The van der Waals surface area contributed by atoms with E-state index in [0.717, 1.165) is 22.2 Å². The molecule has 1 aromatic carbocycles. The van der Waals surface area contributed by atoms with E-state index in [0.29, 0.717) is 5.82 Å². The second-order valence-electron chi connectivity index (χ2n) is 4.83. The highest BCUT2D eigenvalue weighted by molar-refractivity contribution is 7.99. The van der Waals surface area contributed by atoms with Crippen molar-refractivity contribution in [3.05, 3.63) is 41.6 Å². The molecule has 0 aliphatic carbocycles. The molecule has 0 saturated heterocycles. The number of aliphatic hydroxyl groups excluding tert-OH is 1. The number of hydrogen-bond acceptors (Lipinski definition) is 3. The molecule has 3 nitrogen and oxygen atoms in total. The quantitative estimate of drug-likeness (QED) is 0.911. The third-order valence-electron chi connectivity index (χ3n) is 3.04. The first-order valence-corrected chi connectivity index (χ1v) is 7.52. The summed E-state index contributed by atoms with van der Waals surface area (Å²) in [4.78, 5) is 5.35. The highest BCUT2D eigenvalue weighted by Crippen LogP contribution is 2.35. The van der Waals surface area contributed by atoms with Crippen LogP contribution in [0.4, 0.5) is 4.39 Å². The third-order valence-corrected chi connectivity index (χ3v) is 4.15. The molecule has 20 heavy (non-hydrogen) atoms. The lowest BCUT2D eigenvalue weighted by atomic mass is 10.1. The fourth-order valence-corrected chi connectivity index (χ4v) is 3.35. The van der Waals surface area contributed by atoms with Gasteiger partial charge in [0.25, 0.3) is 0 Å². The molecule has 0 atom stereocenters. The minimum Gasteiger partial charge on any atom is -0.388 e. The van der Waals surface area contributed by atoms with E-state index in [-0.39, 0.29) is 18.3 Å². The predicted octanol–water partition coefficient (Wildman–Crippen LogP) is 3.81. The van der Waals surface area contributed by atoms with Crippen LogP contribution < -0.4 is 0 Å². The number of hydrogen-bond donors (Lipinski definition) is 1. The van der Waals surface area contributed by atoms with E-state index in [1.165, 1.54) is 23.9 Å². The van der Waals surface area contributed by atoms with Gasteiger partial charge in [0.2, 0.25) is 0 Å². The monoisotopic (exact) mass is 294 g/mol. The van der Waals surface area contributed by atoms with Crippen LogP contribution >= 0.6 is 11.8 Å². The van der Waals surface area contributed by atoms with Gasteiger partial charge < -0.3 is 9.67 Å². The molecular formula is C15H19FN2OS. The minimum absolute atomic E-state index is 0.0860. The van der Waals surface area contributed by atoms with Gasteiger partial charge in [-0.1, -0.05) is 31.7 Å². The predicted molar refractivity (Wildman–Crippen MR) is 78.4 cm³/mol. The summed E-state index contributed by atoms with van der Waals surface area (Å²) in [5, 5.41) is 10.4. The molecule has 1 aromatic heterocycles. The summed E-state index contributed by atoms with van der Waals surface area (Å²) in [6.07, 6.45) is 0. The van der Waals surface area contributed by atoms with Gasteiger partial charge >= 0.3 is 0 Å². The van der Waals surface area contributed by atoms with E-state index >= 15 is 0 Å². The van der Waals surface area contributed by atoms with Crippen LogP contribution in [0, 0.1) is 5.82 Å².